The van der Waals surface area contributed by atoms with Crippen LogP contribution in [0, 0.1) is 22.9 Å². The maximum Gasteiger partial charge on any atom is 0.138 e. The Labute approximate surface area is 220 Å². The first kappa shape index (κ1) is 26.3. The van der Waals surface area contributed by atoms with Crippen LogP contribution < -0.4 is 0 Å². The quantitative estimate of drug-likeness (QED) is 0.139. The van der Waals surface area contributed by atoms with Gasteiger partial charge in [0, 0.05) is 11.1 Å². The molecule has 0 bridgehead atoms. The van der Waals surface area contributed by atoms with Crippen molar-refractivity contribution in [2.45, 2.75) is 77.8 Å². The molecule has 0 aliphatic heterocycles. The minimum atomic E-state index is -1.47. The van der Waals surface area contributed by atoms with Gasteiger partial charge in [0.2, 0.25) is 0 Å². The highest BCUT2D eigenvalue weighted by Gasteiger charge is 2.25. The van der Waals surface area contributed by atoms with Crippen molar-refractivity contribution in [2.75, 3.05) is 0 Å². The molecule has 184 valence electrons. The molecule has 0 atom stereocenters. The van der Waals surface area contributed by atoms with E-state index < -0.39 is 16.1 Å². The maximum absolute atomic E-state index is 3.77. The van der Waals surface area contributed by atoms with Gasteiger partial charge in [0.15, 0.2) is 0 Å². The molecule has 0 aromatic heterocycles. The van der Waals surface area contributed by atoms with Crippen LogP contribution in [0.15, 0.2) is 60.7 Å². The summed E-state index contributed by atoms with van der Waals surface area (Å²) in [6.45, 7) is 13.9. The van der Waals surface area contributed by atoms with Gasteiger partial charge in [-0.1, -0.05) is 89.8 Å². The normalized spacial score (nSPS) is 11.8. The topological polar surface area (TPSA) is 0 Å². The lowest BCUT2D eigenvalue weighted by Gasteiger charge is -2.20. The molecule has 0 unspecified atom stereocenters. The van der Waals surface area contributed by atoms with Crippen LogP contribution in [-0.2, 0) is 0 Å². The molecule has 0 spiro atoms. The Hall–Kier alpha value is -2.79. The fourth-order valence-electron chi connectivity index (χ4n) is 5.46. The molecule has 0 N–H and O–H groups in total. The van der Waals surface area contributed by atoms with Crippen LogP contribution in [0.1, 0.15) is 52.7 Å². The number of rotatable bonds is 6. The van der Waals surface area contributed by atoms with Crippen LogP contribution in [0.5, 0.6) is 0 Å². The van der Waals surface area contributed by atoms with E-state index in [0.717, 1.165) is 11.1 Å². The highest BCUT2D eigenvalue weighted by Crippen LogP contribution is 2.32. The van der Waals surface area contributed by atoms with Gasteiger partial charge in [-0.25, -0.2) is 0 Å². The van der Waals surface area contributed by atoms with E-state index >= 15 is 0 Å². The zero-order valence-electron chi connectivity index (χ0n) is 23.0. The summed E-state index contributed by atoms with van der Waals surface area (Å²) in [7, 11) is -2.93. The van der Waals surface area contributed by atoms with Crippen LogP contribution in [0.25, 0.3) is 32.3 Å². The van der Waals surface area contributed by atoms with Crippen molar-refractivity contribution in [3.8, 4) is 22.9 Å². The summed E-state index contributed by atoms with van der Waals surface area (Å²) in [5.41, 5.74) is 9.81. The summed E-state index contributed by atoms with van der Waals surface area (Å²) in [6, 6.07) is 30.0. The Balaban J connectivity index is 1.85. The van der Waals surface area contributed by atoms with Gasteiger partial charge in [-0.15, -0.1) is 11.1 Å². The van der Waals surface area contributed by atoms with E-state index in [1.165, 1.54) is 68.6 Å². The van der Waals surface area contributed by atoms with E-state index in [0.29, 0.717) is 0 Å². The summed E-state index contributed by atoms with van der Waals surface area (Å²) >= 11 is 0. The Morgan fingerprint density at radius 3 is 1.11 bits per heavy atom. The van der Waals surface area contributed by atoms with E-state index in [9.17, 15) is 0 Å². The summed E-state index contributed by atoms with van der Waals surface area (Å²) in [5, 5.41) is 7.75. The van der Waals surface area contributed by atoms with Crippen molar-refractivity contribution in [1.29, 1.82) is 0 Å². The number of hydrogen-bond acceptors (Lipinski definition) is 0. The molecule has 0 fully saturated rings. The van der Waals surface area contributed by atoms with Crippen LogP contribution in [0.3, 0.4) is 0 Å². The Kier molecular flexibility index (Phi) is 8.09. The molecule has 36 heavy (non-hydrogen) atoms. The molecule has 0 nitrogen and oxygen atoms in total. The van der Waals surface area contributed by atoms with Crippen molar-refractivity contribution in [3.05, 3.63) is 71.8 Å². The third kappa shape index (κ3) is 5.04. The first-order valence-electron chi connectivity index (χ1n) is 13.9. The molecule has 0 aliphatic rings. The van der Waals surface area contributed by atoms with Crippen molar-refractivity contribution < 1.29 is 0 Å². The van der Waals surface area contributed by atoms with Crippen molar-refractivity contribution >= 4 is 48.5 Å². The molecule has 2 heteroatoms. The molecule has 0 aliphatic carbocycles. The molecule has 4 aromatic rings. The SMILES string of the molecule is CC[Si](C#Cc1ccc2ccc3c4cc(C#C[Si](CC)(CC)CC)ccc4ccc3c2c1)(CC)CC. The number of benzene rings is 4. The fraction of sp³-hybridized carbons (Fsp3) is 0.353. The van der Waals surface area contributed by atoms with Crippen LogP contribution >= 0.6 is 0 Å². The van der Waals surface area contributed by atoms with Gasteiger partial charge in [-0.3, -0.25) is 0 Å². The average Bonchev–Trinajstić information content (AvgIpc) is 2.94. The zero-order chi connectivity index (χ0) is 25.8. The predicted molar refractivity (Wildman–Crippen MR) is 167 cm³/mol. The molecular weight excluding hydrogens is 465 g/mol. The van der Waals surface area contributed by atoms with Crippen LogP contribution in [-0.4, -0.2) is 16.1 Å². The Bertz CT molecular complexity index is 1380. The molecule has 0 heterocycles. The standard InChI is InChI=1S/C34H40Si2/c1-7-35(8-2,9-3)23-21-27-13-15-29-17-20-32-31(33(29)25-27)19-18-30-16-14-28(26-34(30)32)22-24-36(10-4,11-5)12-6/h13-20,25-26H,7-12H2,1-6H3. The highest BCUT2D eigenvalue weighted by atomic mass is 28.3. The lowest BCUT2D eigenvalue weighted by Crippen LogP contribution is -2.29. The smallest absolute Gasteiger partial charge is 0.126 e. The monoisotopic (exact) mass is 504 g/mol. The van der Waals surface area contributed by atoms with Crippen molar-refractivity contribution in [1.82, 2.24) is 0 Å². The number of fused-ring (bicyclic) bond motifs is 5. The van der Waals surface area contributed by atoms with Crippen LogP contribution in [0.4, 0.5) is 0 Å². The average molecular weight is 505 g/mol. The maximum atomic E-state index is 3.77. The molecule has 0 radical (unpaired) electrons. The van der Waals surface area contributed by atoms with Gasteiger partial charge in [-0.05, 0) is 92.8 Å². The third-order valence-corrected chi connectivity index (χ3v) is 18.3. The van der Waals surface area contributed by atoms with Gasteiger partial charge in [-0.2, -0.15) is 0 Å². The fourth-order valence-corrected chi connectivity index (χ4v) is 10.3. The van der Waals surface area contributed by atoms with Crippen molar-refractivity contribution in [3.63, 3.8) is 0 Å². The van der Waals surface area contributed by atoms with Crippen LogP contribution in [0.2, 0.25) is 36.3 Å². The largest absolute Gasteiger partial charge is 0.138 e. The highest BCUT2D eigenvalue weighted by molar-refractivity contribution is 6.87. The summed E-state index contributed by atoms with van der Waals surface area (Å²) < 4.78 is 0. The Morgan fingerprint density at radius 2 is 0.778 bits per heavy atom. The minimum absolute atomic E-state index is 1.14. The lowest BCUT2D eigenvalue weighted by atomic mass is 9.95. The zero-order valence-corrected chi connectivity index (χ0v) is 25.0. The first-order valence-corrected chi connectivity index (χ1v) is 19.2. The summed E-state index contributed by atoms with van der Waals surface area (Å²) in [6.07, 6.45) is 0. The van der Waals surface area contributed by atoms with E-state index in [1.54, 1.807) is 0 Å². The van der Waals surface area contributed by atoms with E-state index in [4.69, 9.17) is 0 Å². The summed E-state index contributed by atoms with van der Waals surface area (Å²) in [4.78, 5) is 0. The van der Waals surface area contributed by atoms with Gasteiger partial charge in [0.1, 0.15) is 16.1 Å². The van der Waals surface area contributed by atoms with Crippen molar-refractivity contribution in [2.24, 2.45) is 0 Å². The minimum Gasteiger partial charge on any atom is -0.126 e. The molecule has 0 saturated carbocycles. The van der Waals surface area contributed by atoms with Gasteiger partial charge < -0.3 is 0 Å². The third-order valence-electron chi connectivity index (χ3n) is 8.84. The van der Waals surface area contributed by atoms with Gasteiger partial charge >= 0.3 is 0 Å². The van der Waals surface area contributed by atoms with Gasteiger partial charge in [0.25, 0.3) is 0 Å². The lowest BCUT2D eigenvalue weighted by molar-refractivity contribution is 1.20. The molecule has 0 saturated heterocycles. The number of hydrogen-bond donors (Lipinski definition) is 0. The van der Waals surface area contributed by atoms with E-state index in [2.05, 4.69) is 125 Å². The molecule has 4 rings (SSSR count). The molecular formula is C34H40Si2. The molecule has 0 amide bonds. The molecule has 4 aromatic carbocycles. The second-order valence-corrected chi connectivity index (χ2v) is 20.1. The Morgan fingerprint density at radius 1 is 0.444 bits per heavy atom. The second-order valence-electron chi connectivity index (χ2n) is 10.3. The first-order chi connectivity index (χ1) is 17.5. The van der Waals surface area contributed by atoms with E-state index in [-0.39, 0.29) is 0 Å². The predicted octanol–water partition coefficient (Wildman–Crippen LogP) is 9.94. The van der Waals surface area contributed by atoms with E-state index in [1.807, 2.05) is 0 Å². The second kappa shape index (κ2) is 11.1. The van der Waals surface area contributed by atoms with Gasteiger partial charge in [0.05, 0.1) is 0 Å². The summed E-state index contributed by atoms with van der Waals surface area (Å²) in [5.74, 6) is 7.17.